The summed E-state index contributed by atoms with van der Waals surface area (Å²) in [6.07, 6.45) is -0.168. The van der Waals surface area contributed by atoms with Crippen LogP contribution in [0.4, 0.5) is 0 Å². The van der Waals surface area contributed by atoms with Crippen molar-refractivity contribution in [3.05, 3.63) is 29.3 Å². The van der Waals surface area contributed by atoms with Crippen LogP contribution >= 0.6 is 0 Å². The van der Waals surface area contributed by atoms with E-state index < -0.39 is 11.6 Å². The Balaban J connectivity index is 2.31. The number of aliphatic hydroxyl groups is 1. The highest BCUT2D eigenvalue weighted by Crippen LogP contribution is 2.43. The van der Waals surface area contributed by atoms with Crippen LogP contribution in [0.15, 0.2) is 18.2 Å². The van der Waals surface area contributed by atoms with Gasteiger partial charge in [0, 0.05) is 19.6 Å². The Hall–Kier alpha value is -2.31. The van der Waals surface area contributed by atoms with Crippen molar-refractivity contribution >= 4 is 16.6 Å². The molecule has 1 unspecified atom stereocenters. The molecular formula is C16H16O6. The van der Waals surface area contributed by atoms with Crippen molar-refractivity contribution in [2.45, 2.75) is 18.6 Å². The van der Waals surface area contributed by atoms with E-state index in [1.807, 2.05) is 0 Å². The van der Waals surface area contributed by atoms with E-state index in [1.165, 1.54) is 20.3 Å². The number of hydrogen-bond acceptors (Lipinski definition) is 6. The maximum Gasteiger partial charge on any atom is 0.176 e. The van der Waals surface area contributed by atoms with Crippen molar-refractivity contribution in [3.8, 4) is 17.2 Å². The fourth-order valence-corrected chi connectivity index (χ4v) is 2.94. The number of methoxy groups -OCH3 is 2. The third-order valence-corrected chi connectivity index (χ3v) is 4.04. The molecule has 1 aliphatic carbocycles. The van der Waals surface area contributed by atoms with Crippen molar-refractivity contribution in [2.75, 3.05) is 14.2 Å². The molecule has 0 saturated carbocycles. The number of benzene rings is 2. The van der Waals surface area contributed by atoms with E-state index in [-0.39, 0.29) is 35.3 Å². The maximum atomic E-state index is 12.3. The van der Waals surface area contributed by atoms with Gasteiger partial charge in [0.1, 0.15) is 17.2 Å². The fourth-order valence-electron chi connectivity index (χ4n) is 2.94. The predicted octanol–water partition coefficient (Wildman–Crippen LogP) is 1.72. The van der Waals surface area contributed by atoms with Crippen LogP contribution in [-0.2, 0) is 11.2 Å². The standard InChI is InChI=1S/C16H16O6/c1-21-10-4-8-3-9-6-16(20,22-2)7-12(18)14(9)15(19)13(8)11(17)5-10/h3-5,17,19-20H,6-7H2,1-2H3. The first kappa shape index (κ1) is 14.6. The van der Waals surface area contributed by atoms with Crippen molar-refractivity contribution in [2.24, 2.45) is 0 Å². The van der Waals surface area contributed by atoms with Gasteiger partial charge in [0.05, 0.1) is 24.5 Å². The number of fused-ring (bicyclic) bond motifs is 2. The Morgan fingerprint density at radius 1 is 1.14 bits per heavy atom. The summed E-state index contributed by atoms with van der Waals surface area (Å²) < 4.78 is 10.1. The van der Waals surface area contributed by atoms with Crippen LogP contribution in [-0.4, -0.2) is 41.1 Å². The summed E-state index contributed by atoms with van der Waals surface area (Å²) >= 11 is 0. The van der Waals surface area contributed by atoms with Gasteiger partial charge >= 0.3 is 0 Å². The zero-order chi connectivity index (χ0) is 16.1. The van der Waals surface area contributed by atoms with Crippen LogP contribution in [0.5, 0.6) is 17.2 Å². The van der Waals surface area contributed by atoms with Gasteiger partial charge in [-0.25, -0.2) is 0 Å². The summed E-state index contributed by atoms with van der Waals surface area (Å²) in [6.45, 7) is 0. The summed E-state index contributed by atoms with van der Waals surface area (Å²) in [4.78, 5) is 12.3. The number of hydrogen-bond donors (Lipinski definition) is 3. The molecule has 0 heterocycles. The highest BCUT2D eigenvalue weighted by molar-refractivity contribution is 6.09. The van der Waals surface area contributed by atoms with Crippen molar-refractivity contribution < 1.29 is 29.6 Å². The van der Waals surface area contributed by atoms with E-state index >= 15 is 0 Å². The summed E-state index contributed by atoms with van der Waals surface area (Å²) in [6, 6.07) is 4.65. The molecule has 0 aromatic heterocycles. The van der Waals surface area contributed by atoms with Gasteiger partial charge in [-0.2, -0.15) is 0 Å². The van der Waals surface area contributed by atoms with Crippen LogP contribution < -0.4 is 4.74 Å². The van der Waals surface area contributed by atoms with Gasteiger partial charge in [0.2, 0.25) is 0 Å². The van der Waals surface area contributed by atoms with Gasteiger partial charge in [-0.1, -0.05) is 0 Å². The number of ketones is 1. The highest BCUT2D eigenvalue weighted by atomic mass is 16.6. The van der Waals surface area contributed by atoms with Gasteiger partial charge in [0.15, 0.2) is 11.6 Å². The molecule has 1 atom stereocenters. The van der Waals surface area contributed by atoms with E-state index in [9.17, 15) is 20.1 Å². The molecule has 0 radical (unpaired) electrons. The number of ether oxygens (including phenoxy) is 2. The molecule has 2 aromatic rings. The lowest BCUT2D eigenvalue weighted by Gasteiger charge is -2.31. The zero-order valence-electron chi connectivity index (χ0n) is 12.2. The minimum atomic E-state index is -1.58. The number of aromatic hydroxyl groups is 2. The maximum absolute atomic E-state index is 12.3. The average molecular weight is 304 g/mol. The molecule has 0 spiro atoms. The summed E-state index contributed by atoms with van der Waals surface area (Å²) in [5.41, 5.74) is 0.591. The number of rotatable bonds is 2. The molecule has 0 aliphatic heterocycles. The Bertz CT molecular complexity index is 782. The molecule has 2 aromatic carbocycles. The molecule has 116 valence electrons. The lowest BCUT2D eigenvalue weighted by molar-refractivity contribution is -0.182. The summed E-state index contributed by atoms with van der Waals surface area (Å²) in [5, 5.41) is 31.4. The molecular weight excluding hydrogens is 288 g/mol. The molecule has 6 heteroatoms. The Morgan fingerprint density at radius 3 is 2.50 bits per heavy atom. The molecule has 0 amide bonds. The molecule has 6 nitrogen and oxygen atoms in total. The molecule has 3 N–H and O–H groups in total. The molecule has 0 saturated heterocycles. The van der Waals surface area contributed by atoms with E-state index in [1.54, 1.807) is 12.1 Å². The number of phenolic OH excluding ortho intramolecular Hbond substituents is 2. The minimum Gasteiger partial charge on any atom is -0.507 e. The summed E-state index contributed by atoms with van der Waals surface area (Å²) in [7, 11) is 2.79. The van der Waals surface area contributed by atoms with Crippen molar-refractivity contribution in [3.63, 3.8) is 0 Å². The quantitative estimate of drug-likeness (QED) is 0.731. The topological polar surface area (TPSA) is 96.2 Å². The Labute approximate surface area is 126 Å². The first-order chi connectivity index (χ1) is 10.4. The lowest BCUT2D eigenvalue weighted by Crippen LogP contribution is -2.40. The molecule has 0 fully saturated rings. The van der Waals surface area contributed by atoms with Gasteiger partial charge in [0.25, 0.3) is 0 Å². The van der Waals surface area contributed by atoms with Crippen molar-refractivity contribution in [1.29, 1.82) is 0 Å². The van der Waals surface area contributed by atoms with E-state index in [0.29, 0.717) is 16.7 Å². The van der Waals surface area contributed by atoms with Crippen LogP contribution in [0.2, 0.25) is 0 Å². The minimum absolute atomic E-state index is 0.0754. The highest BCUT2D eigenvalue weighted by Gasteiger charge is 2.39. The van der Waals surface area contributed by atoms with Gasteiger partial charge in [-0.05, 0) is 23.1 Å². The van der Waals surface area contributed by atoms with Gasteiger partial charge in [-0.3, -0.25) is 4.79 Å². The number of carbonyl (C=O) groups is 1. The average Bonchev–Trinajstić information content (AvgIpc) is 2.45. The van der Waals surface area contributed by atoms with Crippen LogP contribution in [0.1, 0.15) is 22.3 Å². The number of phenols is 2. The SMILES string of the molecule is COc1cc(O)c2c(O)c3c(cc2c1)CC(O)(OC)CC3=O. The third kappa shape index (κ3) is 2.08. The molecule has 22 heavy (non-hydrogen) atoms. The van der Waals surface area contributed by atoms with Crippen molar-refractivity contribution in [1.82, 2.24) is 0 Å². The first-order valence-electron chi connectivity index (χ1n) is 6.75. The Kier molecular flexibility index (Phi) is 3.23. The Morgan fingerprint density at radius 2 is 1.86 bits per heavy atom. The van der Waals surface area contributed by atoms with Crippen LogP contribution in [0.25, 0.3) is 10.8 Å². The largest absolute Gasteiger partial charge is 0.507 e. The fraction of sp³-hybridized carbons (Fsp3) is 0.312. The van der Waals surface area contributed by atoms with E-state index in [4.69, 9.17) is 9.47 Å². The predicted molar refractivity (Wildman–Crippen MR) is 78.4 cm³/mol. The van der Waals surface area contributed by atoms with Gasteiger partial charge < -0.3 is 24.8 Å². The first-order valence-corrected chi connectivity index (χ1v) is 6.75. The number of Topliss-reactive ketones (excluding diaryl/α,β-unsaturated/α-hetero) is 1. The molecule has 0 bridgehead atoms. The lowest BCUT2D eigenvalue weighted by atomic mass is 9.83. The molecule has 3 rings (SSSR count). The van der Waals surface area contributed by atoms with E-state index in [0.717, 1.165) is 0 Å². The summed E-state index contributed by atoms with van der Waals surface area (Å²) in [5.74, 6) is -2.04. The smallest absolute Gasteiger partial charge is 0.176 e. The van der Waals surface area contributed by atoms with Crippen LogP contribution in [0, 0.1) is 0 Å². The number of carbonyl (C=O) groups excluding carboxylic acids is 1. The van der Waals surface area contributed by atoms with Gasteiger partial charge in [-0.15, -0.1) is 0 Å². The van der Waals surface area contributed by atoms with E-state index in [2.05, 4.69) is 0 Å². The second-order valence-electron chi connectivity index (χ2n) is 5.43. The third-order valence-electron chi connectivity index (χ3n) is 4.04. The normalized spacial score (nSPS) is 21.0. The zero-order valence-corrected chi connectivity index (χ0v) is 12.2. The second kappa shape index (κ2) is 4.86. The second-order valence-corrected chi connectivity index (χ2v) is 5.43. The monoisotopic (exact) mass is 304 g/mol. The molecule has 1 aliphatic rings. The van der Waals surface area contributed by atoms with Crippen LogP contribution in [0.3, 0.4) is 0 Å².